The monoisotopic (exact) mass is 774 g/mol. The molecule has 11 nitrogen and oxygen atoms in total. The number of ether oxygens (including phenoxy) is 2. The van der Waals surface area contributed by atoms with Gasteiger partial charge < -0.3 is 9.47 Å². The van der Waals surface area contributed by atoms with Gasteiger partial charge in [-0.25, -0.2) is 0 Å². The van der Waals surface area contributed by atoms with Crippen molar-refractivity contribution in [3.63, 3.8) is 0 Å². The second-order valence-electron chi connectivity index (χ2n) is 12.3. The average Bonchev–Trinajstić information content (AvgIpc) is 3.10. The molecule has 0 spiro atoms. The molecule has 51 heavy (non-hydrogen) atoms. The molecule has 0 bridgehead atoms. The molecule has 0 aliphatic carbocycles. The van der Waals surface area contributed by atoms with E-state index in [-0.39, 0.29) is 23.2 Å². The van der Waals surface area contributed by atoms with Gasteiger partial charge in [0.2, 0.25) is 0 Å². The van der Waals surface area contributed by atoms with E-state index in [2.05, 4.69) is 4.90 Å². The number of halogens is 4. The third kappa shape index (κ3) is 9.18. The maximum Gasteiger partial charge on any atom is 0.269 e. The van der Waals surface area contributed by atoms with Crippen LogP contribution in [0.3, 0.4) is 0 Å². The number of hydrogen-bond donors (Lipinski definition) is 0. The van der Waals surface area contributed by atoms with Crippen LogP contribution in [0.5, 0.6) is 0 Å². The lowest BCUT2D eigenvalue weighted by Crippen LogP contribution is -2.36. The molecule has 0 N–H and O–H groups in total. The fourth-order valence-corrected chi connectivity index (χ4v) is 7.82. The number of benzene rings is 4. The van der Waals surface area contributed by atoms with E-state index >= 15 is 0 Å². The number of non-ortho nitro benzene ring substituents is 2. The maximum atomic E-state index is 11.5. The minimum absolute atomic E-state index is 0.0107. The van der Waals surface area contributed by atoms with Gasteiger partial charge in [-0.15, -0.1) is 0 Å². The van der Waals surface area contributed by atoms with Gasteiger partial charge in [-0.1, -0.05) is 70.7 Å². The number of fused-ring (bicyclic) bond motifs is 2. The van der Waals surface area contributed by atoms with Crippen LogP contribution in [-0.4, -0.2) is 72.5 Å². The topological polar surface area (TPSA) is 120 Å². The lowest BCUT2D eigenvalue weighted by atomic mass is 9.84. The van der Waals surface area contributed by atoms with Gasteiger partial charge in [-0.3, -0.25) is 30.0 Å². The van der Waals surface area contributed by atoms with Gasteiger partial charge in [-0.05, 0) is 57.6 Å². The van der Waals surface area contributed by atoms with Crippen LogP contribution < -0.4 is 0 Å². The predicted octanol–water partition coefficient (Wildman–Crippen LogP) is 8.68. The van der Waals surface area contributed by atoms with Gasteiger partial charge >= 0.3 is 0 Å². The number of nitrogens with zero attached hydrogens (tertiary/aromatic N) is 4. The zero-order valence-corrected chi connectivity index (χ0v) is 30.3. The summed E-state index contributed by atoms with van der Waals surface area (Å²) in [5.74, 6) is -0.375. The summed E-state index contributed by atoms with van der Waals surface area (Å²) in [6.07, 6.45) is 0. The molecule has 0 amide bonds. The summed E-state index contributed by atoms with van der Waals surface area (Å²) >= 11 is 25.9. The van der Waals surface area contributed by atoms with Crippen molar-refractivity contribution < 1.29 is 24.2 Å². The Bertz CT molecular complexity index is 1780. The van der Waals surface area contributed by atoms with E-state index in [1.54, 1.807) is 41.5 Å². The lowest BCUT2D eigenvalue weighted by Gasteiger charge is -2.35. The second kappa shape index (κ2) is 17.0. The molecule has 4 aromatic rings. The van der Waals surface area contributed by atoms with Crippen LogP contribution in [0.1, 0.15) is 45.2 Å². The minimum Gasteiger partial charge on any atom is -0.378 e. The number of nitro benzene ring substituents is 2. The fraction of sp³-hybridized carbons (Fsp3) is 0.333. The summed E-state index contributed by atoms with van der Waals surface area (Å²) < 4.78 is 11.6. The van der Waals surface area contributed by atoms with Crippen LogP contribution in [-0.2, 0) is 27.4 Å². The Balaban J connectivity index is 0.969. The van der Waals surface area contributed by atoms with Crippen molar-refractivity contribution in [1.29, 1.82) is 0 Å². The first-order chi connectivity index (χ1) is 24.6. The second-order valence-corrected chi connectivity index (χ2v) is 14.0. The SMILES string of the molecule is O=[N+]([O-])c1cccc(C2CN(CCOCCOCCON3Cc4c(Cl)cc(Cl)cc4C(c4cccc([N+](=O)[O-])c4)C3)Cc3c(Cl)cc(Cl)cc32)c1. The van der Waals surface area contributed by atoms with Gasteiger partial charge in [0, 0.05) is 82.4 Å². The lowest BCUT2D eigenvalue weighted by molar-refractivity contribution is -0.385. The standard InChI is InChI=1S/C36H34Cl4N4O7/c37-25-15-29-31(23-3-1-5-27(13-23)43(45)46)19-41(20-33(29)35(39)17-25)7-8-49-9-10-50-11-12-51-42-21-32(24-4-2-6-28(14-24)44(47)48)30-16-26(38)18-36(40)34(30)22-42/h1-6,13-18,31-32H,7-12,19-22H2. The number of rotatable bonds is 14. The molecule has 2 heterocycles. The van der Waals surface area contributed by atoms with Crippen LogP contribution in [0.2, 0.25) is 20.1 Å². The van der Waals surface area contributed by atoms with E-state index in [0.29, 0.717) is 85.8 Å². The van der Waals surface area contributed by atoms with E-state index in [4.69, 9.17) is 60.7 Å². The molecule has 0 saturated carbocycles. The van der Waals surface area contributed by atoms with Crippen LogP contribution in [0.4, 0.5) is 11.4 Å². The highest BCUT2D eigenvalue weighted by molar-refractivity contribution is 6.35. The Kier molecular flexibility index (Phi) is 12.5. The molecular formula is C36H34Cl4N4O7. The first-order valence-electron chi connectivity index (χ1n) is 16.3. The van der Waals surface area contributed by atoms with Crippen molar-refractivity contribution in [1.82, 2.24) is 9.96 Å². The summed E-state index contributed by atoms with van der Waals surface area (Å²) in [5.41, 5.74) is 5.34. The van der Waals surface area contributed by atoms with Crippen molar-refractivity contribution >= 4 is 57.8 Å². The quantitative estimate of drug-likeness (QED) is 0.0704. The highest BCUT2D eigenvalue weighted by atomic mass is 35.5. The molecular weight excluding hydrogens is 742 g/mol. The van der Waals surface area contributed by atoms with Gasteiger partial charge in [0.1, 0.15) is 0 Å². The van der Waals surface area contributed by atoms with Gasteiger partial charge in [0.25, 0.3) is 11.4 Å². The minimum atomic E-state index is -0.411. The molecule has 15 heteroatoms. The predicted molar refractivity (Wildman–Crippen MR) is 196 cm³/mol. The molecule has 2 aliphatic rings. The van der Waals surface area contributed by atoms with Gasteiger partial charge in [0.15, 0.2) is 0 Å². The van der Waals surface area contributed by atoms with Crippen molar-refractivity contribution in [2.24, 2.45) is 0 Å². The van der Waals surface area contributed by atoms with Crippen LogP contribution in [0, 0.1) is 20.2 Å². The molecule has 2 aliphatic heterocycles. The third-order valence-corrected chi connectivity index (χ3v) is 10.2. The summed E-state index contributed by atoms with van der Waals surface area (Å²) in [7, 11) is 0. The zero-order chi connectivity index (χ0) is 36.1. The van der Waals surface area contributed by atoms with Crippen molar-refractivity contribution in [2.75, 3.05) is 52.7 Å². The molecule has 0 saturated heterocycles. The highest BCUT2D eigenvalue weighted by Crippen LogP contribution is 2.41. The van der Waals surface area contributed by atoms with Crippen molar-refractivity contribution in [3.8, 4) is 0 Å². The van der Waals surface area contributed by atoms with Crippen molar-refractivity contribution in [3.05, 3.63) is 146 Å². The van der Waals surface area contributed by atoms with Crippen LogP contribution in [0.25, 0.3) is 0 Å². The average molecular weight is 777 g/mol. The third-order valence-electron chi connectivity index (χ3n) is 9.08. The Morgan fingerprint density at radius 1 is 0.647 bits per heavy atom. The summed E-state index contributed by atoms with van der Waals surface area (Å²) in [4.78, 5) is 30.4. The Labute approximate surface area is 314 Å². The van der Waals surface area contributed by atoms with Crippen molar-refractivity contribution in [2.45, 2.75) is 24.9 Å². The van der Waals surface area contributed by atoms with E-state index in [1.807, 2.05) is 24.3 Å². The molecule has 2 atom stereocenters. The van der Waals surface area contributed by atoms with Crippen LogP contribution in [0.15, 0.2) is 72.8 Å². The highest BCUT2D eigenvalue weighted by Gasteiger charge is 2.31. The summed E-state index contributed by atoms with van der Waals surface area (Å²) in [6, 6.07) is 20.4. The summed E-state index contributed by atoms with van der Waals surface area (Å²) in [5, 5.41) is 26.8. The molecule has 0 radical (unpaired) electrons. The Morgan fingerprint density at radius 3 is 1.73 bits per heavy atom. The van der Waals surface area contributed by atoms with E-state index in [1.165, 1.54) is 12.1 Å². The number of nitro groups is 2. The molecule has 2 unspecified atom stereocenters. The number of hydrogen-bond acceptors (Lipinski definition) is 9. The summed E-state index contributed by atoms with van der Waals surface area (Å²) in [6.45, 7) is 4.58. The largest absolute Gasteiger partial charge is 0.378 e. The van der Waals surface area contributed by atoms with E-state index in [0.717, 1.165) is 33.4 Å². The van der Waals surface area contributed by atoms with Crippen LogP contribution >= 0.6 is 46.4 Å². The Hall–Kier alpha value is -3.36. The first-order valence-corrected chi connectivity index (χ1v) is 17.8. The molecule has 268 valence electrons. The van der Waals surface area contributed by atoms with E-state index in [9.17, 15) is 20.2 Å². The first kappa shape index (κ1) is 37.4. The normalized spacial score (nSPS) is 17.6. The number of hydroxylamine groups is 2. The van der Waals surface area contributed by atoms with Gasteiger partial charge in [-0.2, -0.15) is 5.06 Å². The Morgan fingerprint density at radius 2 is 1.16 bits per heavy atom. The molecule has 4 aromatic carbocycles. The maximum absolute atomic E-state index is 11.5. The fourth-order valence-electron chi connectivity index (χ4n) is 6.68. The molecule has 6 rings (SSSR count). The van der Waals surface area contributed by atoms with E-state index < -0.39 is 9.85 Å². The zero-order valence-electron chi connectivity index (χ0n) is 27.3. The van der Waals surface area contributed by atoms with Gasteiger partial charge in [0.05, 0.1) is 49.4 Å². The molecule has 0 aromatic heterocycles. The molecule has 0 fully saturated rings. The smallest absolute Gasteiger partial charge is 0.269 e.